The summed E-state index contributed by atoms with van der Waals surface area (Å²) in [6.45, 7) is 5.05. The number of hydrogen-bond donors (Lipinski definition) is 2. The molecular weight excluding hydrogens is 536 g/mol. The average Bonchev–Trinajstić information content (AvgIpc) is 3.08. The van der Waals surface area contributed by atoms with E-state index in [2.05, 4.69) is 10.2 Å². The molecular formula is C25H29ClN4O5S2. The summed E-state index contributed by atoms with van der Waals surface area (Å²) in [7, 11) is 3.04. The quantitative estimate of drug-likeness (QED) is 0.125. The number of rotatable bonds is 8. The van der Waals surface area contributed by atoms with Crippen molar-refractivity contribution < 1.29 is 23.1 Å². The molecule has 0 radical (unpaired) electrons. The standard InChI is InChI=1S/C25H29ClN4O5S2/c1-25(2)18-14-16(37(34)35)10-11-19(18)30(13-7-12-27-21(31)15-26)20(25)9-6-5-8-17-22(32)28(3)24(36)29(4)23(17)33/h5-6,8-11,14H,7,12-13,15H2,1-4H3,(H,27,31)(H,34,35)/b6-5+,20-9+. The van der Waals surface area contributed by atoms with Gasteiger partial charge in [-0.3, -0.25) is 24.2 Å². The molecule has 1 fully saturated rings. The van der Waals surface area contributed by atoms with E-state index in [1.807, 2.05) is 26.0 Å². The highest BCUT2D eigenvalue weighted by Crippen LogP contribution is 2.48. The summed E-state index contributed by atoms with van der Waals surface area (Å²) >= 11 is 8.55. The highest BCUT2D eigenvalue weighted by atomic mass is 35.5. The topological polar surface area (TPSA) is 110 Å². The van der Waals surface area contributed by atoms with Crippen LogP contribution in [-0.4, -0.2) is 74.5 Å². The van der Waals surface area contributed by atoms with Crippen molar-refractivity contribution in [3.8, 4) is 0 Å². The highest BCUT2D eigenvalue weighted by molar-refractivity contribution is 7.80. The first kappa shape index (κ1) is 28.7. The fourth-order valence-electron chi connectivity index (χ4n) is 4.31. The number of fused-ring (bicyclic) bond motifs is 1. The number of halogens is 1. The van der Waals surface area contributed by atoms with E-state index in [4.69, 9.17) is 23.8 Å². The molecule has 2 aliphatic rings. The minimum Gasteiger partial charge on any atom is -0.355 e. The maximum absolute atomic E-state index is 12.5. The van der Waals surface area contributed by atoms with Crippen molar-refractivity contribution >= 4 is 63.4 Å². The summed E-state index contributed by atoms with van der Waals surface area (Å²) in [5.41, 5.74) is 2.20. The van der Waals surface area contributed by atoms with Gasteiger partial charge in [-0.05, 0) is 54.6 Å². The van der Waals surface area contributed by atoms with Crippen molar-refractivity contribution in [2.24, 2.45) is 0 Å². The van der Waals surface area contributed by atoms with Gasteiger partial charge in [-0.15, -0.1) is 11.6 Å². The minimum atomic E-state index is -2.12. The number of carbonyl (C=O) groups is 3. The molecule has 0 spiro atoms. The van der Waals surface area contributed by atoms with E-state index >= 15 is 0 Å². The van der Waals surface area contributed by atoms with Crippen molar-refractivity contribution in [2.75, 3.05) is 38.0 Å². The summed E-state index contributed by atoms with van der Waals surface area (Å²) in [6.07, 6.45) is 7.36. The molecule has 0 aromatic heterocycles. The van der Waals surface area contributed by atoms with Crippen LogP contribution in [0.3, 0.4) is 0 Å². The lowest BCUT2D eigenvalue weighted by atomic mass is 9.83. The number of likely N-dealkylation sites (N-methyl/N-ethyl adjacent to an activating group) is 2. The Bertz CT molecular complexity index is 1230. The molecule has 37 heavy (non-hydrogen) atoms. The number of benzene rings is 1. The molecule has 1 saturated heterocycles. The van der Waals surface area contributed by atoms with Gasteiger partial charge >= 0.3 is 0 Å². The zero-order valence-corrected chi connectivity index (χ0v) is 23.4. The molecule has 1 unspecified atom stereocenters. The molecule has 3 rings (SSSR count). The smallest absolute Gasteiger partial charge is 0.265 e. The molecule has 1 atom stereocenters. The van der Waals surface area contributed by atoms with Gasteiger partial charge in [-0.2, -0.15) is 0 Å². The molecule has 2 heterocycles. The van der Waals surface area contributed by atoms with Crippen molar-refractivity contribution in [1.82, 2.24) is 15.1 Å². The maximum atomic E-state index is 12.5. The number of carbonyl (C=O) groups excluding carboxylic acids is 3. The Morgan fingerprint density at radius 2 is 1.78 bits per heavy atom. The normalized spacial score (nSPS) is 19.2. The summed E-state index contributed by atoms with van der Waals surface area (Å²) < 4.78 is 21.3. The van der Waals surface area contributed by atoms with E-state index in [0.29, 0.717) is 24.4 Å². The summed E-state index contributed by atoms with van der Waals surface area (Å²) in [6, 6.07) is 5.17. The monoisotopic (exact) mass is 564 g/mol. The van der Waals surface area contributed by atoms with Gasteiger partial charge in [0.15, 0.2) is 16.2 Å². The van der Waals surface area contributed by atoms with Crippen molar-refractivity contribution in [3.63, 3.8) is 0 Å². The molecule has 0 aliphatic carbocycles. The van der Waals surface area contributed by atoms with Crippen molar-refractivity contribution in [2.45, 2.75) is 30.6 Å². The predicted molar refractivity (Wildman–Crippen MR) is 148 cm³/mol. The molecule has 12 heteroatoms. The van der Waals surface area contributed by atoms with E-state index < -0.39 is 28.3 Å². The van der Waals surface area contributed by atoms with Crippen LogP contribution in [0.1, 0.15) is 25.8 Å². The van der Waals surface area contributed by atoms with Crippen LogP contribution in [-0.2, 0) is 30.9 Å². The number of anilines is 1. The summed E-state index contributed by atoms with van der Waals surface area (Å²) in [4.78, 5) is 41.5. The van der Waals surface area contributed by atoms with Crippen LogP contribution in [0, 0.1) is 0 Å². The van der Waals surface area contributed by atoms with E-state index in [9.17, 15) is 23.1 Å². The zero-order chi connectivity index (χ0) is 27.5. The van der Waals surface area contributed by atoms with Gasteiger partial charge in [0.25, 0.3) is 11.8 Å². The van der Waals surface area contributed by atoms with Gasteiger partial charge in [0.2, 0.25) is 5.91 Å². The van der Waals surface area contributed by atoms with E-state index in [0.717, 1.165) is 16.9 Å². The Balaban J connectivity index is 1.92. The Labute approximate surface area is 229 Å². The number of nitrogens with one attached hydrogen (secondary N) is 1. The molecule has 1 aromatic rings. The fourth-order valence-corrected chi connectivity index (χ4v) is 4.97. The van der Waals surface area contributed by atoms with E-state index in [1.165, 1.54) is 30.0 Å². The molecule has 2 aliphatic heterocycles. The van der Waals surface area contributed by atoms with Gasteiger partial charge in [0.05, 0.1) is 4.90 Å². The van der Waals surface area contributed by atoms with Crippen LogP contribution in [0.2, 0.25) is 0 Å². The summed E-state index contributed by atoms with van der Waals surface area (Å²) in [5, 5.41) is 2.90. The third-order valence-corrected chi connectivity index (χ3v) is 7.79. The number of nitrogens with zero attached hydrogens (tertiary/aromatic N) is 3. The summed E-state index contributed by atoms with van der Waals surface area (Å²) in [5.74, 6) is -1.28. The van der Waals surface area contributed by atoms with Crippen LogP contribution in [0.5, 0.6) is 0 Å². The van der Waals surface area contributed by atoms with Crippen LogP contribution < -0.4 is 10.2 Å². The average molecular weight is 565 g/mol. The molecule has 198 valence electrons. The van der Waals surface area contributed by atoms with Crippen molar-refractivity contribution in [1.29, 1.82) is 0 Å². The van der Waals surface area contributed by atoms with Gasteiger partial charge < -0.3 is 14.8 Å². The van der Waals surface area contributed by atoms with Crippen LogP contribution >= 0.6 is 23.8 Å². The van der Waals surface area contributed by atoms with Gasteiger partial charge in [0, 0.05) is 44.0 Å². The molecule has 0 bridgehead atoms. The third-order valence-electron chi connectivity index (χ3n) is 6.34. The SMILES string of the molecule is CN1C(=O)C(=C/C=C/C=C2/N(CCCNC(=O)CCl)c3ccc(S(=O)O)cc3C2(C)C)C(=O)N(C)C1=S. The number of hydrogen-bond acceptors (Lipinski definition) is 6. The second-order valence-corrected chi connectivity index (χ2v) is 10.7. The third kappa shape index (κ3) is 5.85. The predicted octanol–water partition coefficient (Wildman–Crippen LogP) is 2.69. The first-order chi connectivity index (χ1) is 17.4. The van der Waals surface area contributed by atoms with Gasteiger partial charge in [0.1, 0.15) is 11.5 Å². The lowest BCUT2D eigenvalue weighted by Gasteiger charge is -2.31. The van der Waals surface area contributed by atoms with E-state index in [1.54, 1.807) is 24.3 Å². The van der Waals surface area contributed by atoms with Crippen LogP contribution in [0.25, 0.3) is 0 Å². The lowest BCUT2D eigenvalue weighted by Crippen LogP contribution is -2.52. The molecule has 9 nitrogen and oxygen atoms in total. The lowest BCUT2D eigenvalue weighted by molar-refractivity contribution is -0.132. The largest absolute Gasteiger partial charge is 0.355 e. The fraction of sp³-hybridized carbons (Fsp3) is 0.360. The number of allylic oxidation sites excluding steroid dienone is 5. The maximum Gasteiger partial charge on any atom is 0.265 e. The van der Waals surface area contributed by atoms with Gasteiger partial charge in [-0.1, -0.05) is 26.0 Å². The molecule has 2 N–H and O–H groups in total. The molecule has 0 saturated carbocycles. The van der Waals surface area contributed by atoms with Crippen molar-refractivity contribution in [3.05, 3.63) is 59.3 Å². The highest BCUT2D eigenvalue weighted by Gasteiger charge is 2.40. The number of amides is 3. The Kier molecular flexibility index (Phi) is 9.06. The Morgan fingerprint density at radius 3 is 2.38 bits per heavy atom. The first-order valence-electron chi connectivity index (χ1n) is 11.5. The number of alkyl halides is 1. The van der Waals surface area contributed by atoms with Crippen LogP contribution in [0.4, 0.5) is 5.69 Å². The Hall–Kier alpha value is -2.86. The minimum absolute atomic E-state index is 0.00387. The first-order valence-corrected chi connectivity index (χ1v) is 13.5. The molecule has 3 amide bonds. The second-order valence-electron chi connectivity index (χ2n) is 9.07. The van der Waals surface area contributed by atoms with Crippen LogP contribution in [0.15, 0.2) is 58.7 Å². The number of thiocarbonyl (C=S) groups is 1. The van der Waals surface area contributed by atoms with E-state index in [-0.39, 0.29) is 22.5 Å². The van der Waals surface area contributed by atoms with Gasteiger partial charge in [-0.25, -0.2) is 4.21 Å². The zero-order valence-electron chi connectivity index (χ0n) is 21.0. The second kappa shape index (κ2) is 11.7. The Morgan fingerprint density at radius 1 is 1.16 bits per heavy atom. The molecule has 1 aromatic carbocycles.